The molecule has 0 aliphatic rings. The summed E-state index contributed by atoms with van der Waals surface area (Å²) in [6.45, 7) is 0. The van der Waals surface area contributed by atoms with Gasteiger partial charge in [-0.25, -0.2) is 4.98 Å². The van der Waals surface area contributed by atoms with Gasteiger partial charge in [0.2, 0.25) is 5.95 Å². The van der Waals surface area contributed by atoms with Crippen LogP contribution < -0.4 is 11.1 Å². The number of benzene rings is 2. The van der Waals surface area contributed by atoms with Crippen LogP contribution in [0.3, 0.4) is 0 Å². The number of halogens is 2. The van der Waals surface area contributed by atoms with Crippen molar-refractivity contribution in [2.24, 2.45) is 0 Å². The van der Waals surface area contributed by atoms with E-state index in [1.807, 2.05) is 36.4 Å². The van der Waals surface area contributed by atoms with Crippen LogP contribution in [0.15, 0.2) is 36.4 Å². The first-order chi connectivity index (χ1) is 9.11. The molecule has 0 amide bonds. The van der Waals surface area contributed by atoms with E-state index in [0.29, 0.717) is 16.7 Å². The zero-order valence-electron chi connectivity index (χ0n) is 9.74. The number of aromatic nitrogens is 2. The minimum Gasteiger partial charge on any atom is -0.399 e. The SMILES string of the molecule is Nc1ccc2nc(Nc3ccc(Cl)cc3I)[nH]c2c1. The highest BCUT2D eigenvalue weighted by Crippen LogP contribution is 2.26. The summed E-state index contributed by atoms with van der Waals surface area (Å²) in [4.78, 5) is 7.64. The summed E-state index contributed by atoms with van der Waals surface area (Å²) >= 11 is 8.16. The summed E-state index contributed by atoms with van der Waals surface area (Å²) in [5, 5.41) is 3.95. The molecule has 6 heteroatoms. The van der Waals surface area contributed by atoms with Crippen molar-refractivity contribution in [2.45, 2.75) is 0 Å². The third-order valence-electron chi connectivity index (χ3n) is 2.69. The molecule has 0 spiro atoms. The van der Waals surface area contributed by atoms with E-state index in [9.17, 15) is 0 Å². The van der Waals surface area contributed by atoms with E-state index in [-0.39, 0.29) is 0 Å². The Morgan fingerprint density at radius 3 is 2.84 bits per heavy atom. The molecule has 0 fully saturated rings. The van der Waals surface area contributed by atoms with E-state index < -0.39 is 0 Å². The summed E-state index contributed by atoms with van der Waals surface area (Å²) in [6, 6.07) is 11.2. The van der Waals surface area contributed by atoms with Crippen LogP contribution in [0.4, 0.5) is 17.3 Å². The lowest BCUT2D eigenvalue weighted by molar-refractivity contribution is 1.31. The second-order valence-corrected chi connectivity index (χ2v) is 5.71. The lowest BCUT2D eigenvalue weighted by Crippen LogP contribution is -1.94. The molecule has 0 unspecified atom stereocenters. The maximum atomic E-state index is 5.93. The summed E-state index contributed by atoms with van der Waals surface area (Å²) < 4.78 is 1.03. The van der Waals surface area contributed by atoms with Crippen molar-refractivity contribution in [1.29, 1.82) is 0 Å². The van der Waals surface area contributed by atoms with Crippen molar-refractivity contribution in [3.05, 3.63) is 45.0 Å². The van der Waals surface area contributed by atoms with Crippen LogP contribution in [0.5, 0.6) is 0 Å². The third kappa shape index (κ3) is 2.62. The Balaban J connectivity index is 1.96. The topological polar surface area (TPSA) is 66.7 Å². The van der Waals surface area contributed by atoms with Crippen LogP contribution >= 0.6 is 34.2 Å². The molecule has 0 radical (unpaired) electrons. The van der Waals surface area contributed by atoms with Crippen molar-refractivity contribution in [1.82, 2.24) is 9.97 Å². The number of nitrogens with zero attached hydrogens (tertiary/aromatic N) is 1. The number of H-pyrrole nitrogens is 1. The van der Waals surface area contributed by atoms with Crippen LogP contribution in [-0.2, 0) is 0 Å². The van der Waals surface area contributed by atoms with Crippen LogP contribution in [0.1, 0.15) is 0 Å². The third-order valence-corrected chi connectivity index (χ3v) is 3.82. The second-order valence-electron chi connectivity index (χ2n) is 4.11. The average Bonchev–Trinajstić information content (AvgIpc) is 2.74. The van der Waals surface area contributed by atoms with Gasteiger partial charge in [0.1, 0.15) is 0 Å². The minimum absolute atomic E-state index is 0.681. The lowest BCUT2D eigenvalue weighted by Gasteiger charge is -2.05. The fourth-order valence-corrected chi connectivity index (χ4v) is 2.81. The quantitative estimate of drug-likeness (QED) is 0.459. The van der Waals surface area contributed by atoms with Crippen molar-refractivity contribution >= 4 is 62.5 Å². The van der Waals surface area contributed by atoms with Crippen molar-refractivity contribution in [3.8, 4) is 0 Å². The van der Waals surface area contributed by atoms with E-state index >= 15 is 0 Å². The Morgan fingerprint density at radius 2 is 2.05 bits per heavy atom. The molecular weight excluding hydrogens is 375 g/mol. The van der Waals surface area contributed by atoms with Crippen molar-refractivity contribution in [3.63, 3.8) is 0 Å². The first-order valence-electron chi connectivity index (χ1n) is 5.59. The predicted octanol–water partition coefficient (Wildman–Crippen LogP) is 4.15. The second kappa shape index (κ2) is 4.90. The molecule has 1 heterocycles. The Morgan fingerprint density at radius 1 is 1.21 bits per heavy atom. The normalized spacial score (nSPS) is 10.8. The number of nitrogens with two attached hydrogens (primary N) is 1. The van der Waals surface area contributed by atoms with Crippen LogP contribution in [-0.4, -0.2) is 9.97 Å². The molecule has 0 aliphatic heterocycles. The molecule has 19 heavy (non-hydrogen) atoms. The fraction of sp³-hybridized carbons (Fsp3) is 0. The van der Waals surface area contributed by atoms with E-state index in [2.05, 4.69) is 37.9 Å². The summed E-state index contributed by atoms with van der Waals surface area (Å²) in [7, 11) is 0. The summed E-state index contributed by atoms with van der Waals surface area (Å²) in [5.74, 6) is 0.681. The Hall–Kier alpha value is -1.47. The standard InChI is InChI=1S/C13H10ClIN4/c14-7-1-3-10(9(15)5-7)17-13-18-11-4-2-8(16)6-12(11)19-13/h1-6H,16H2,(H2,17,18,19). The number of fused-ring (bicyclic) bond motifs is 1. The molecule has 2 aromatic carbocycles. The number of imidazole rings is 1. The van der Waals surface area contributed by atoms with Gasteiger partial charge in [-0.2, -0.15) is 0 Å². The van der Waals surface area contributed by atoms with Crippen molar-refractivity contribution in [2.75, 3.05) is 11.1 Å². The zero-order valence-corrected chi connectivity index (χ0v) is 12.7. The Bertz CT molecular complexity index is 753. The molecule has 0 aliphatic carbocycles. The molecule has 96 valence electrons. The van der Waals surface area contributed by atoms with E-state index in [4.69, 9.17) is 17.3 Å². The van der Waals surface area contributed by atoms with Crippen LogP contribution in [0, 0.1) is 3.57 Å². The van der Waals surface area contributed by atoms with Gasteiger partial charge in [0.15, 0.2) is 0 Å². The number of aromatic amines is 1. The molecule has 0 atom stereocenters. The molecule has 0 saturated carbocycles. The highest BCUT2D eigenvalue weighted by Gasteiger charge is 2.05. The molecule has 4 nitrogen and oxygen atoms in total. The smallest absolute Gasteiger partial charge is 0.205 e. The van der Waals surface area contributed by atoms with E-state index in [1.165, 1.54) is 0 Å². The molecule has 0 saturated heterocycles. The number of hydrogen-bond acceptors (Lipinski definition) is 3. The van der Waals surface area contributed by atoms with E-state index in [1.54, 1.807) is 0 Å². The zero-order chi connectivity index (χ0) is 13.4. The fourth-order valence-electron chi connectivity index (χ4n) is 1.80. The number of anilines is 3. The molecule has 0 bridgehead atoms. The van der Waals surface area contributed by atoms with Gasteiger partial charge in [-0.15, -0.1) is 0 Å². The first-order valence-corrected chi connectivity index (χ1v) is 7.05. The van der Waals surface area contributed by atoms with Crippen LogP contribution in [0.2, 0.25) is 5.02 Å². The Labute approximate surface area is 128 Å². The maximum absolute atomic E-state index is 5.93. The highest BCUT2D eigenvalue weighted by atomic mass is 127. The summed E-state index contributed by atoms with van der Waals surface area (Å²) in [6.07, 6.45) is 0. The predicted molar refractivity (Wildman–Crippen MR) is 88.0 cm³/mol. The van der Waals surface area contributed by atoms with Gasteiger partial charge in [-0.3, -0.25) is 0 Å². The largest absolute Gasteiger partial charge is 0.399 e. The number of nitrogen functional groups attached to an aromatic ring is 1. The van der Waals surface area contributed by atoms with Gasteiger partial charge in [-0.1, -0.05) is 11.6 Å². The molecule has 3 aromatic rings. The maximum Gasteiger partial charge on any atom is 0.205 e. The minimum atomic E-state index is 0.681. The van der Waals surface area contributed by atoms with Gasteiger partial charge in [0.25, 0.3) is 0 Å². The number of rotatable bonds is 2. The van der Waals surface area contributed by atoms with Gasteiger partial charge in [0.05, 0.1) is 16.7 Å². The molecule has 4 N–H and O–H groups in total. The van der Waals surface area contributed by atoms with Crippen LogP contribution in [0.25, 0.3) is 11.0 Å². The molecule has 1 aromatic heterocycles. The molecular formula is C13H10ClIN4. The van der Waals surface area contributed by atoms with Gasteiger partial charge in [0, 0.05) is 14.3 Å². The average molecular weight is 385 g/mol. The summed E-state index contributed by atoms with van der Waals surface area (Å²) in [5.41, 5.74) is 9.19. The van der Waals surface area contributed by atoms with E-state index in [0.717, 1.165) is 20.3 Å². The van der Waals surface area contributed by atoms with Gasteiger partial charge < -0.3 is 16.0 Å². The highest BCUT2D eigenvalue weighted by molar-refractivity contribution is 14.1. The van der Waals surface area contributed by atoms with Gasteiger partial charge >= 0.3 is 0 Å². The number of hydrogen-bond donors (Lipinski definition) is 3. The lowest BCUT2D eigenvalue weighted by atomic mass is 10.3. The van der Waals surface area contributed by atoms with Gasteiger partial charge in [-0.05, 0) is 59.0 Å². The first kappa shape index (κ1) is 12.6. The monoisotopic (exact) mass is 384 g/mol. The van der Waals surface area contributed by atoms with Crippen molar-refractivity contribution < 1.29 is 0 Å². The molecule has 3 rings (SSSR count). The Kier molecular flexibility index (Phi) is 3.24. The number of nitrogens with one attached hydrogen (secondary N) is 2.